The Hall–Kier alpha value is -3.19. The molecule has 1 atom stereocenters. The molecule has 1 heterocycles. The van der Waals surface area contributed by atoms with Gasteiger partial charge < -0.3 is 15.4 Å². The van der Waals surface area contributed by atoms with E-state index >= 15 is 0 Å². The van der Waals surface area contributed by atoms with Gasteiger partial charge in [0.25, 0.3) is 0 Å². The number of nitrogens with one attached hydrogen (secondary N) is 2. The zero-order valence-corrected chi connectivity index (χ0v) is 16.6. The SMILES string of the molecule is COC(=O)c1ccccc1Cn1cc(NC(=S)NC(C)c2ccccc2)cn1. The van der Waals surface area contributed by atoms with E-state index in [4.69, 9.17) is 17.0 Å². The summed E-state index contributed by atoms with van der Waals surface area (Å²) in [6.45, 7) is 2.50. The van der Waals surface area contributed by atoms with Gasteiger partial charge in [0.05, 0.1) is 37.1 Å². The van der Waals surface area contributed by atoms with E-state index in [1.807, 2.05) is 42.6 Å². The molecule has 0 aliphatic rings. The van der Waals surface area contributed by atoms with Crippen molar-refractivity contribution >= 4 is 29.0 Å². The number of hydrogen-bond acceptors (Lipinski definition) is 4. The average molecular weight is 395 g/mol. The summed E-state index contributed by atoms with van der Waals surface area (Å²) >= 11 is 5.40. The van der Waals surface area contributed by atoms with Crippen LogP contribution in [0.25, 0.3) is 0 Å². The predicted molar refractivity (Wildman–Crippen MR) is 113 cm³/mol. The lowest BCUT2D eigenvalue weighted by Gasteiger charge is -2.16. The minimum atomic E-state index is -0.360. The van der Waals surface area contributed by atoms with Gasteiger partial charge in [-0.3, -0.25) is 4.68 Å². The second-order valence-electron chi connectivity index (χ2n) is 6.31. The maximum Gasteiger partial charge on any atom is 0.338 e. The van der Waals surface area contributed by atoms with Crippen molar-refractivity contribution in [2.24, 2.45) is 0 Å². The van der Waals surface area contributed by atoms with Gasteiger partial charge in [0.2, 0.25) is 0 Å². The molecular weight excluding hydrogens is 372 g/mol. The summed E-state index contributed by atoms with van der Waals surface area (Å²) < 4.78 is 6.58. The topological polar surface area (TPSA) is 68.2 Å². The Balaban J connectivity index is 1.62. The van der Waals surface area contributed by atoms with Crippen LogP contribution in [0.5, 0.6) is 0 Å². The third-order valence-electron chi connectivity index (χ3n) is 4.29. The van der Waals surface area contributed by atoms with E-state index < -0.39 is 0 Å². The van der Waals surface area contributed by atoms with E-state index in [9.17, 15) is 4.79 Å². The number of carbonyl (C=O) groups excluding carboxylic acids is 1. The van der Waals surface area contributed by atoms with Gasteiger partial charge in [0.15, 0.2) is 5.11 Å². The molecule has 7 heteroatoms. The van der Waals surface area contributed by atoms with Crippen LogP contribution in [0.1, 0.15) is 34.5 Å². The summed E-state index contributed by atoms with van der Waals surface area (Å²) in [4.78, 5) is 11.9. The zero-order valence-electron chi connectivity index (χ0n) is 15.8. The highest BCUT2D eigenvalue weighted by Crippen LogP contribution is 2.15. The van der Waals surface area contributed by atoms with Crippen LogP contribution >= 0.6 is 12.2 Å². The van der Waals surface area contributed by atoms with Crippen LogP contribution in [0.2, 0.25) is 0 Å². The second kappa shape index (κ2) is 9.14. The quantitative estimate of drug-likeness (QED) is 0.490. The molecule has 2 N–H and O–H groups in total. The summed E-state index contributed by atoms with van der Waals surface area (Å²) in [6.07, 6.45) is 3.54. The lowest BCUT2D eigenvalue weighted by atomic mass is 10.1. The van der Waals surface area contributed by atoms with Crippen LogP contribution in [0.4, 0.5) is 5.69 Å². The van der Waals surface area contributed by atoms with Gasteiger partial charge in [-0.25, -0.2) is 4.79 Å². The van der Waals surface area contributed by atoms with Gasteiger partial charge in [-0.15, -0.1) is 0 Å². The Morgan fingerprint density at radius 2 is 1.89 bits per heavy atom. The van der Waals surface area contributed by atoms with Crippen LogP contribution < -0.4 is 10.6 Å². The number of aromatic nitrogens is 2. The number of benzene rings is 2. The molecule has 1 unspecified atom stereocenters. The summed E-state index contributed by atoms with van der Waals surface area (Å²) in [5.41, 5.74) is 3.29. The molecule has 28 heavy (non-hydrogen) atoms. The number of methoxy groups -OCH3 is 1. The summed E-state index contributed by atoms with van der Waals surface area (Å²) in [5, 5.41) is 11.3. The van der Waals surface area contributed by atoms with E-state index in [-0.39, 0.29) is 12.0 Å². The third kappa shape index (κ3) is 4.95. The molecule has 144 valence electrons. The van der Waals surface area contributed by atoms with Crippen molar-refractivity contribution in [1.29, 1.82) is 0 Å². The highest BCUT2D eigenvalue weighted by Gasteiger charge is 2.12. The third-order valence-corrected chi connectivity index (χ3v) is 4.51. The summed E-state index contributed by atoms with van der Waals surface area (Å²) in [5.74, 6) is -0.360. The number of nitrogens with zero attached hydrogens (tertiary/aromatic N) is 2. The molecule has 0 radical (unpaired) electrons. The molecule has 0 saturated carbocycles. The van der Waals surface area contributed by atoms with Gasteiger partial charge in [-0.1, -0.05) is 48.5 Å². The molecule has 0 bridgehead atoms. The Morgan fingerprint density at radius 3 is 2.64 bits per heavy atom. The van der Waals surface area contributed by atoms with Crippen molar-refractivity contribution < 1.29 is 9.53 Å². The molecule has 0 aliphatic carbocycles. The minimum absolute atomic E-state index is 0.0863. The van der Waals surface area contributed by atoms with Crippen molar-refractivity contribution in [2.45, 2.75) is 19.5 Å². The van der Waals surface area contributed by atoms with E-state index in [0.717, 1.165) is 16.8 Å². The van der Waals surface area contributed by atoms with Crippen LogP contribution in [0, 0.1) is 0 Å². The average Bonchev–Trinajstić information content (AvgIpc) is 3.15. The molecule has 0 fully saturated rings. The molecule has 6 nitrogen and oxygen atoms in total. The van der Waals surface area contributed by atoms with Gasteiger partial charge in [0.1, 0.15) is 0 Å². The van der Waals surface area contributed by atoms with Crippen molar-refractivity contribution in [1.82, 2.24) is 15.1 Å². The molecule has 3 aromatic rings. The number of esters is 1. The zero-order chi connectivity index (χ0) is 19.9. The fourth-order valence-electron chi connectivity index (χ4n) is 2.85. The van der Waals surface area contributed by atoms with Crippen molar-refractivity contribution in [3.63, 3.8) is 0 Å². The fourth-order valence-corrected chi connectivity index (χ4v) is 3.14. The highest BCUT2D eigenvalue weighted by molar-refractivity contribution is 7.80. The highest BCUT2D eigenvalue weighted by atomic mass is 32.1. The lowest BCUT2D eigenvalue weighted by Crippen LogP contribution is -2.30. The lowest BCUT2D eigenvalue weighted by molar-refractivity contribution is 0.0599. The van der Waals surface area contributed by atoms with Crippen molar-refractivity contribution in [3.05, 3.63) is 83.7 Å². The molecule has 0 amide bonds. The van der Waals surface area contributed by atoms with Crippen LogP contribution in [-0.2, 0) is 11.3 Å². The monoisotopic (exact) mass is 394 g/mol. The molecule has 0 saturated heterocycles. The van der Waals surface area contributed by atoms with Crippen LogP contribution in [0.3, 0.4) is 0 Å². The van der Waals surface area contributed by atoms with E-state index in [0.29, 0.717) is 17.2 Å². The maximum atomic E-state index is 11.9. The predicted octanol–water partition coefficient (Wildman–Crippen LogP) is 3.77. The standard InChI is InChI=1S/C21H22N4O2S/c1-15(16-8-4-3-5-9-16)23-21(28)24-18-12-22-25(14-18)13-17-10-6-7-11-19(17)20(26)27-2/h3-12,14-15H,13H2,1-2H3,(H2,23,24,28). The molecule has 2 aromatic carbocycles. The summed E-state index contributed by atoms with van der Waals surface area (Å²) in [7, 11) is 1.37. The van der Waals surface area contributed by atoms with E-state index in [2.05, 4.69) is 34.8 Å². The first kappa shape index (κ1) is 19.6. The number of carbonyl (C=O) groups is 1. The number of ether oxygens (including phenoxy) is 1. The van der Waals surface area contributed by atoms with Gasteiger partial charge in [-0.2, -0.15) is 5.10 Å². The molecule has 1 aromatic heterocycles. The largest absolute Gasteiger partial charge is 0.465 e. The van der Waals surface area contributed by atoms with Crippen molar-refractivity contribution in [3.8, 4) is 0 Å². The number of anilines is 1. The first-order valence-electron chi connectivity index (χ1n) is 8.88. The molecule has 3 rings (SSSR count). The van der Waals surface area contributed by atoms with E-state index in [1.54, 1.807) is 16.9 Å². The maximum absolute atomic E-state index is 11.9. The van der Waals surface area contributed by atoms with Crippen molar-refractivity contribution in [2.75, 3.05) is 12.4 Å². The van der Waals surface area contributed by atoms with Gasteiger partial charge in [0, 0.05) is 6.20 Å². The Kier molecular flexibility index (Phi) is 6.39. The number of thiocarbonyl (C=S) groups is 1. The molecule has 0 aliphatic heterocycles. The number of hydrogen-bond donors (Lipinski definition) is 2. The van der Waals surface area contributed by atoms with Gasteiger partial charge in [-0.05, 0) is 36.3 Å². The minimum Gasteiger partial charge on any atom is -0.465 e. The number of rotatable bonds is 6. The normalized spacial score (nSPS) is 11.5. The fraction of sp³-hybridized carbons (Fsp3) is 0.190. The Bertz CT molecular complexity index is 956. The molecule has 0 spiro atoms. The first-order chi connectivity index (χ1) is 13.6. The second-order valence-corrected chi connectivity index (χ2v) is 6.71. The van der Waals surface area contributed by atoms with Gasteiger partial charge >= 0.3 is 5.97 Å². The smallest absolute Gasteiger partial charge is 0.338 e. The van der Waals surface area contributed by atoms with Crippen LogP contribution in [-0.4, -0.2) is 28.0 Å². The molecular formula is C21H22N4O2S. The first-order valence-corrected chi connectivity index (χ1v) is 9.29. The van der Waals surface area contributed by atoms with Crippen LogP contribution in [0.15, 0.2) is 67.0 Å². The van der Waals surface area contributed by atoms with E-state index in [1.165, 1.54) is 7.11 Å². The Labute approximate surface area is 169 Å². The summed E-state index contributed by atoms with van der Waals surface area (Å²) in [6, 6.07) is 17.5. The Morgan fingerprint density at radius 1 is 1.18 bits per heavy atom.